The van der Waals surface area contributed by atoms with E-state index in [1.807, 2.05) is 13.8 Å². The average Bonchev–Trinajstić information content (AvgIpc) is 2.61. The van der Waals surface area contributed by atoms with Crippen LogP contribution in [0, 0.1) is 17.8 Å². The Kier molecular flexibility index (Phi) is 7.95. The fraction of sp³-hybridized carbons (Fsp3) is 1.00. The molecule has 3 fully saturated rings. The number of halogens is 4. The van der Waals surface area contributed by atoms with Crippen LogP contribution in [0.25, 0.3) is 0 Å². The Bertz CT molecular complexity index is 381. The second-order valence-electron chi connectivity index (χ2n) is 7.55. The van der Waals surface area contributed by atoms with Gasteiger partial charge in [0.1, 0.15) is 18.5 Å². The topological polar surface area (TPSA) is 36.1 Å². The molecule has 0 radical (unpaired) electrons. The first kappa shape index (κ1) is 20.9. The first-order valence-corrected chi connectivity index (χ1v) is 9.72. The minimum Gasteiger partial charge on any atom is -0.311 e. The molecule has 0 aromatic carbocycles. The zero-order valence-corrected chi connectivity index (χ0v) is 15.5. The molecule has 0 aromatic rings. The van der Waals surface area contributed by atoms with Gasteiger partial charge in [-0.1, -0.05) is 20.8 Å². The van der Waals surface area contributed by atoms with E-state index in [1.54, 1.807) is 0 Å². The van der Waals surface area contributed by atoms with E-state index in [2.05, 4.69) is 22.9 Å². The van der Waals surface area contributed by atoms with Crippen molar-refractivity contribution in [3.63, 3.8) is 0 Å². The first-order valence-electron chi connectivity index (χ1n) is 9.72. The number of piperidine rings is 1. The molecule has 148 valence electrons. The molecule has 25 heavy (non-hydrogen) atoms. The molecule has 2 aliphatic heterocycles. The van der Waals surface area contributed by atoms with Gasteiger partial charge in [-0.15, -0.1) is 0 Å². The third-order valence-electron chi connectivity index (χ3n) is 5.63. The number of rotatable bonds is 2. The predicted octanol–water partition coefficient (Wildman–Crippen LogP) is 2.91. The predicted molar refractivity (Wildman–Crippen MR) is 92.5 cm³/mol. The average molecular weight is 367 g/mol. The second kappa shape index (κ2) is 9.51. The summed E-state index contributed by atoms with van der Waals surface area (Å²) in [5.41, 5.74) is 0. The first-order chi connectivity index (χ1) is 12.0. The normalized spacial score (nSPS) is 48.4. The van der Waals surface area contributed by atoms with Gasteiger partial charge < -0.3 is 16.0 Å². The maximum atomic E-state index is 14.6. The molecule has 3 nitrogen and oxygen atoms in total. The Morgan fingerprint density at radius 2 is 1.20 bits per heavy atom. The Morgan fingerprint density at radius 3 is 1.72 bits per heavy atom. The summed E-state index contributed by atoms with van der Waals surface area (Å²) in [6, 6.07) is -0.572. The molecule has 0 spiro atoms. The molecule has 5 unspecified atom stereocenters. The molecule has 3 rings (SSSR count). The van der Waals surface area contributed by atoms with Gasteiger partial charge >= 0.3 is 0 Å². The van der Waals surface area contributed by atoms with Gasteiger partial charge in [-0.25, -0.2) is 17.6 Å². The zero-order chi connectivity index (χ0) is 18.6. The lowest BCUT2D eigenvalue weighted by Crippen LogP contribution is -2.62. The Morgan fingerprint density at radius 1 is 0.680 bits per heavy atom. The van der Waals surface area contributed by atoms with Gasteiger partial charge in [0.15, 0.2) is 6.17 Å². The van der Waals surface area contributed by atoms with Crippen LogP contribution in [0.3, 0.4) is 0 Å². The zero-order valence-electron chi connectivity index (χ0n) is 15.5. The highest BCUT2D eigenvalue weighted by atomic mass is 19.2. The van der Waals surface area contributed by atoms with Gasteiger partial charge in [0.2, 0.25) is 0 Å². The van der Waals surface area contributed by atoms with Crippen LogP contribution in [0.2, 0.25) is 0 Å². The van der Waals surface area contributed by atoms with E-state index in [9.17, 15) is 17.6 Å². The van der Waals surface area contributed by atoms with Gasteiger partial charge in [0.05, 0.1) is 6.17 Å². The number of hydrogen-bond acceptors (Lipinski definition) is 3. The maximum absolute atomic E-state index is 14.6. The van der Waals surface area contributed by atoms with Gasteiger partial charge in [0, 0.05) is 31.6 Å². The van der Waals surface area contributed by atoms with Crippen LogP contribution in [-0.2, 0) is 0 Å². The maximum Gasteiger partial charge on any atom is 0.162 e. The van der Waals surface area contributed by atoms with Crippen LogP contribution in [0.1, 0.15) is 40.0 Å². The second-order valence-corrected chi connectivity index (χ2v) is 7.55. The molecule has 1 saturated carbocycles. The summed E-state index contributed by atoms with van der Waals surface area (Å²) >= 11 is 0. The van der Waals surface area contributed by atoms with Gasteiger partial charge in [0.25, 0.3) is 0 Å². The molecular formula is C18H33F4N3. The quantitative estimate of drug-likeness (QED) is 0.657. The third kappa shape index (κ3) is 5.07. The molecule has 0 aromatic heterocycles. The molecule has 2 saturated heterocycles. The lowest BCUT2D eigenvalue weighted by atomic mass is 9.76. The van der Waals surface area contributed by atoms with Crippen LogP contribution in [0.15, 0.2) is 0 Å². The van der Waals surface area contributed by atoms with Crippen molar-refractivity contribution in [1.29, 1.82) is 0 Å². The standard InChI is InChI=1S/C16H27F4N3.C2H6/c1-8-5-22-16(23-6-8)10-4-13(19)15(21-7-10)9-2-11(17)14(20)12(18)3-9;1-2/h8-16,21-23H,2-7H2,1H3;1-2H3. The summed E-state index contributed by atoms with van der Waals surface area (Å²) in [6.45, 7) is 8.56. The largest absolute Gasteiger partial charge is 0.311 e. The van der Waals surface area contributed by atoms with Crippen LogP contribution in [-0.4, -0.2) is 56.5 Å². The lowest BCUT2D eigenvalue weighted by molar-refractivity contribution is -0.0112. The van der Waals surface area contributed by atoms with E-state index in [0.29, 0.717) is 18.9 Å². The van der Waals surface area contributed by atoms with E-state index in [-0.39, 0.29) is 24.9 Å². The molecule has 0 amide bonds. The van der Waals surface area contributed by atoms with Crippen molar-refractivity contribution in [2.45, 2.75) is 76.9 Å². The smallest absolute Gasteiger partial charge is 0.162 e. The van der Waals surface area contributed by atoms with Crippen molar-refractivity contribution in [3.8, 4) is 0 Å². The van der Waals surface area contributed by atoms with Crippen molar-refractivity contribution in [2.24, 2.45) is 17.8 Å². The molecule has 3 aliphatic rings. The van der Waals surface area contributed by atoms with Crippen molar-refractivity contribution in [3.05, 3.63) is 0 Å². The fourth-order valence-corrected chi connectivity index (χ4v) is 4.24. The highest BCUT2D eigenvalue weighted by Crippen LogP contribution is 2.37. The van der Waals surface area contributed by atoms with E-state index in [0.717, 1.165) is 13.1 Å². The minimum absolute atomic E-state index is 0.0716. The van der Waals surface area contributed by atoms with E-state index >= 15 is 0 Å². The molecule has 0 bridgehead atoms. The molecule has 7 heteroatoms. The van der Waals surface area contributed by atoms with Crippen molar-refractivity contribution >= 4 is 0 Å². The van der Waals surface area contributed by atoms with E-state index in [1.165, 1.54) is 0 Å². The summed E-state index contributed by atoms with van der Waals surface area (Å²) in [5, 5.41) is 9.91. The third-order valence-corrected chi connectivity index (χ3v) is 5.63. The highest BCUT2D eigenvalue weighted by Gasteiger charge is 2.45. The fourth-order valence-electron chi connectivity index (χ4n) is 4.24. The summed E-state index contributed by atoms with van der Waals surface area (Å²) < 4.78 is 55.0. The SMILES string of the molecule is CC.CC1CNC(C2CNC(C3CC(F)C(F)C(F)C3)C(F)C2)NC1. The molecule has 2 heterocycles. The Labute approximate surface area is 148 Å². The summed E-state index contributed by atoms with van der Waals surface area (Å²) in [6.07, 6.45) is -6.61. The van der Waals surface area contributed by atoms with E-state index < -0.39 is 36.6 Å². The van der Waals surface area contributed by atoms with Gasteiger partial charge in [-0.2, -0.15) is 0 Å². The van der Waals surface area contributed by atoms with Gasteiger partial charge in [-0.3, -0.25) is 0 Å². The lowest BCUT2D eigenvalue weighted by Gasteiger charge is -2.44. The molecule has 5 atom stereocenters. The van der Waals surface area contributed by atoms with E-state index in [4.69, 9.17) is 0 Å². The number of nitrogens with one attached hydrogen (secondary N) is 3. The Balaban J connectivity index is 0.00000109. The number of hydrogen-bond donors (Lipinski definition) is 3. The summed E-state index contributed by atoms with van der Waals surface area (Å²) in [5.74, 6) is 0.180. The highest BCUT2D eigenvalue weighted by molar-refractivity contribution is 4.98. The van der Waals surface area contributed by atoms with Crippen molar-refractivity contribution < 1.29 is 17.6 Å². The number of alkyl halides is 4. The molecular weight excluding hydrogens is 334 g/mol. The molecule has 1 aliphatic carbocycles. The minimum atomic E-state index is -2.06. The summed E-state index contributed by atoms with van der Waals surface area (Å²) in [4.78, 5) is 0. The van der Waals surface area contributed by atoms with Crippen molar-refractivity contribution in [2.75, 3.05) is 19.6 Å². The van der Waals surface area contributed by atoms with Crippen LogP contribution < -0.4 is 16.0 Å². The monoisotopic (exact) mass is 367 g/mol. The van der Waals surface area contributed by atoms with Crippen LogP contribution in [0.5, 0.6) is 0 Å². The Hall–Kier alpha value is -0.400. The van der Waals surface area contributed by atoms with Crippen LogP contribution in [0.4, 0.5) is 17.6 Å². The van der Waals surface area contributed by atoms with Gasteiger partial charge in [-0.05, 0) is 31.1 Å². The van der Waals surface area contributed by atoms with Crippen LogP contribution >= 0.6 is 0 Å². The van der Waals surface area contributed by atoms with Crippen molar-refractivity contribution in [1.82, 2.24) is 16.0 Å². The summed E-state index contributed by atoms with van der Waals surface area (Å²) in [7, 11) is 0. The molecule has 3 N–H and O–H groups in total.